The van der Waals surface area contributed by atoms with Crippen molar-refractivity contribution in [3.05, 3.63) is 52.4 Å². The maximum absolute atomic E-state index is 14.3. The molecule has 0 bridgehead atoms. The van der Waals surface area contributed by atoms with Gasteiger partial charge in [0.1, 0.15) is 5.83 Å². The number of anilines is 1. The van der Waals surface area contributed by atoms with Gasteiger partial charge in [-0.2, -0.15) is 0 Å². The van der Waals surface area contributed by atoms with Gasteiger partial charge in [-0.1, -0.05) is 24.2 Å². The molecule has 1 aliphatic heterocycles. The lowest BCUT2D eigenvalue weighted by molar-refractivity contribution is -0.118. The van der Waals surface area contributed by atoms with Gasteiger partial charge < -0.3 is 10.6 Å². The van der Waals surface area contributed by atoms with E-state index in [0.717, 1.165) is 0 Å². The first-order chi connectivity index (χ1) is 11.0. The van der Waals surface area contributed by atoms with Crippen LogP contribution >= 0.6 is 27.5 Å². The van der Waals surface area contributed by atoms with Crippen LogP contribution in [0.2, 0.25) is 5.02 Å². The van der Waals surface area contributed by atoms with Gasteiger partial charge in [-0.3, -0.25) is 4.79 Å². The summed E-state index contributed by atoms with van der Waals surface area (Å²) in [6, 6.07) is 6.19. The Kier molecular flexibility index (Phi) is 6.50. The number of carbonyl (C=O) groups is 1. The lowest BCUT2D eigenvalue weighted by Crippen LogP contribution is -2.40. The van der Waals surface area contributed by atoms with E-state index in [2.05, 4.69) is 38.1 Å². The molecule has 23 heavy (non-hydrogen) atoms. The molecule has 122 valence electrons. The number of hydrogen-bond donors (Lipinski definition) is 2. The summed E-state index contributed by atoms with van der Waals surface area (Å²) in [6.45, 7) is 4.10. The summed E-state index contributed by atoms with van der Waals surface area (Å²) in [7, 11) is 0. The molecule has 1 saturated heterocycles. The molecule has 1 amide bonds. The van der Waals surface area contributed by atoms with Crippen LogP contribution in [-0.2, 0) is 4.79 Å². The van der Waals surface area contributed by atoms with Crippen molar-refractivity contribution < 1.29 is 9.18 Å². The highest BCUT2D eigenvalue weighted by Gasteiger charge is 2.35. The fraction of sp³-hybridized carbons (Fsp3) is 0.250. The third-order valence-electron chi connectivity index (χ3n) is 3.40. The molecule has 2 N–H and O–H groups in total. The largest absolute Gasteiger partial charge is 0.325 e. The number of allylic oxidation sites excluding steroid dienone is 1. The second-order valence-electron chi connectivity index (χ2n) is 5.03. The van der Waals surface area contributed by atoms with E-state index in [9.17, 15) is 9.18 Å². The van der Waals surface area contributed by atoms with Gasteiger partial charge in [0.05, 0.1) is 10.6 Å². The van der Waals surface area contributed by atoms with Crippen LogP contribution in [0.25, 0.3) is 0 Å². The Morgan fingerprint density at radius 1 is 1.57 bits per heavy atom. The topological polar surface area (TPSA) is 53.5 Å². The Balaban J connectivity index is 2.05. The monoisotopic (exact) mass is 399 g/mol. The van der Waals surface area contributed by atoms with E-state index in [1.54, 1.807) is 24.3 Å². The number of nitrogens with zero attached hydrogens (tertiary/aromatic N) is 1. The van der Waals surface area contributed by atoms with Gasteiger partial charge in [0.2, 0.25) is 5.91 Å². The maximum Gasteiger partial charge on any atom is 0.242 e. The van der Waals surface area contributed by atoms with Crippen LogP contribution in [0.15, 0.2) is 52.3 Å². The standard InChI is InChI=1S/C16H16BrClFN3O/c1-10(17)20-8-6-14(19)13-5-7-21-15(13)16(23)22-12-4-2-3-11(18)9-12/h2-4,6,8-9,13,15,21H,1,5,7H2,(H,22,23)/b14-6-,20-8-. The first-order valence-electron chi connectivity index (χ1n) is 7.01. The van der Waals surface area contributed by atoms with Crippen molar-refractivity contribution in [1.82, 2.24) is 5.32 Å². The van der Waals surface area contributed by atoms with Crippen molar-refractivity contribution >= 4 is 45.3 Å². The summed E-state index contributed by atoms with van der Waals surface area (Å²) in [5, 5.41) is 6.30. The first-order valence-corrected chi connectivity index (χ1v) is 8.18. The number of nitrogens with one attached hydrogen (secondary N) is 2. The van der Waals surface area contributed by atoms with E-state index in [1.807, 2.05) is 0 Å². The third kappa shape index (κ3) is 5.27. The molecule has 7 heteroatoms. The fourth-order valence-electron chi connectivity index (χ4n) is 2.37. The zero-order valence-corrected chi connectivity index (χ0v) is 14.6. The van der Waals surface area contributed by atoms with Crippen molar-refractivity contribution in [3.8, 4) is 0 Å². The smallest absolute Gasteiger partial charge is 0.242 e. The van der Waals surface area contributed by atoms with Crippen LogP contribution in [-0.4, -0.2) is 24.7 Å². The van der Waals surface area contributed by atoms with Crippen molar-refractivity contribution in [2.45, 2.75) is 12.5 Å². The Labute approximate surface area is 147 Å². The SMILES string of the molecule is C=C(Br)/N=C\C=C(/F)C1CCNC1C(=O)Nc1cccc(Cl)c1. The van der Waals surface area contributed by atoms with Gasteiger partial charge in [-0.05, 0) is 53.2 Å². The van der Waals surface area contributed by atoms with Crippen molar-refractivity contribution in [2.24, 2.45) is 10.9 Å². The van der Waals surface area contributed by atoms with E-state index in [-0.39, 0.29) is 5.91 Å². The van der Waals surface area contributed by atoms with E-state index in [0.29, 0.717) is 28.3 Å². The Morgan fingerprint density at radius 2 is 2.35 bits per heavy atom. The minimum absolute atomic E-state index is 0.292. The number of halogens is 3. The van der Waals surface area contributed by atoms with Crippen LogP contribution < -0.4 is 10.6 Å². The van der Waals surface area contributed by atoms with Gasteiger partial charge >= 0.3 is 0 Å². The Morgan fingerprint density at radius 3 is 3.04 bits per heavy atom. The highest BCUT2D eigenvalue weighted by atomic mass is 79.9. The number of aliphatic imine (C=N–C) groups is 1. The molecule has 0 spiro atoms. The van der Waals surface area contributed by atoms with Crippen LogP contribution in [0.4, 0.5) is 10.1 Å². The van der Waals surface area contributed by atoms with Crippen molar-refractivity contribution in [3.63, 3.8) is 0 Å². The molecule has 1 aliphatic rings. The molecular formula is C16H16BrClFN3O. The molecule has 1 aromatic rings. The van der Waals surface area contributed by atoms with E-state index >= 15 is 0 Å². The second kappa shape index (κ2) is 8.38. The summed E-state index contributed by atoms with van der Waals surface area (Å²) in [5.74, 6) is -1.21. The molecule has 2 unspecified atom stereocenters. The molecule has 0 aromatic heterocycles. The Hall–Kier alpha value is -1.50. The second-order valence-corrected chi connectivity index (χ2v) is 6.38. The normalized spacial score (nSPS) is 21.6. The molecule has 0 radical (unpaired) electrons. The van der Waals surface area contributed by atoms with Gasteiger partial charge in [-0.15, -0.1) is 0 Å². The average molecular weight is 401 g/mol. The summed E-state index contributed by atoms with van der Waals surface area (Å²) < 4.78 is 14.7. The summed E-state index contributed by atoms with van der Waals surface area (Å²) in [5.41, 5.74) is 0.580. The highest BCUT2D eigenvalue weighted by Crippen LogP contribution is 2.26. The van der Waals surface area contributed by atoms with Gasteiger partial charge in [0.15, 0.2) is 0 Å². The minimum atomic E-state index is -0.634. The summed E-state index contributed by atoms with van der Waals surface area (Å²) in [4.78, 5) is 16.2. The third-order valence-corrected chi connectivity index (χ3v) is 3.84. The van der Waals surface area contributed by atoms with E-state index < -0.39 is 17.8 Å². The maximum atomic E-state index is 14.3. The molecule has 2 atom stereocenters. The number of amides is 1. The predicted octanol–water partition coefficient (Wildman–Crippen LogP) is 4.05. The van der Waals surface area contributed by atoms with Crippen LogP contribution in [0, 0.1) is 5.92 Å². The molecular weight excluding hydrogens is 385 g/mol. The van der Waals surface area contributed by atoms with Crippen LogP contribution in [0.5, 0.6) is 0 Å². The minimum Gasteiger partial charge on any atom is -0.325 e. The summed E-state index contributed by atoms with van der Waals surface area (Å²) in [6.07, 6.45) is 3.11. The highest BCUT2D eigenvalue weighted by molar-refractivity contribution is 9.11. The Bertz CT molecular complexity index is 662. The molecule has 0 saturated carbocycles. The summed E-state index contributed by atoms with van der Waals surface area (Å²) >= 11 is 8.94. The molecule has 1 heterocycles. The van der Waals surface area contributed by atoms with Gasteiger partial charge in [0, 0.05) is 22.8 Å². The van der Waals surface area contributed by atoms with E-state index in [4.69, 9.17) is 11.6 Å². The zero-order chi connectivity index (χ0) is 16.8. The van der Waals surface area contributed by atoms with E-state index in [1.165, 1.54) is 12.3 Å². The van der Waals surface area contributed by atoms with Crippen molar-refractivity contribution in [2.75, 3.05) is 11.9 Å². The first kappa shape index (κ1) is 17.8. The number of carbonyl (C=O) groups excluding carboxylic acids is 1. The van der Waals surface area contributed by atoms with Crippen LogP contribution in [0.3, 0.4) is 0 Å². The molecule has 1 aromatic carbocycles. The number of rotatable bonds is 5. The molecule has 2 rings (SSSR count). The van der Waals surface area contributed by atoms with Crippen molar-refractivity contribution in [1.29, 1.82) is 0 Å². The van der Waals surface area contributed by atoms with Gasteiger partial charge in [0.25, 0.3) is 0 Å². The van der Waals surface area contributed by atoms with Crippen LogP contribution in [0.1, 0.15) is 6.42 Å². The molecule has 1 fully saturated rings. The molecule has 4 nitrogen and oxygen atoms in total. The van der Waals surface area contributed by atoms with Gasteiger partial charge in [-0.25, -0.2) is 9.38 Å². The number of benzene rings is 1. The number of hydrogen-bond acceptors (Lipinski definition) is 3. The average Bonchev–Trinajstić information content (AvgIpc) is 2.96. The fourth-order valence-corrected chi connectivity index (χ4v) is 2.68. The zero-order valence-electron chi connectivity index (χ0n) is 12.2. The lowest BCUT2D eigenvalue weighted by Gasteiger charge is -2.17. The lowest BCUT2D eigenvalue weighted by atomic mass is 9.98. The quantitative estimate of drug-likeness (QED) is 0.579. The molecule has 0 aliphatic carbocycles. The predicted molar refractivity (Wildman–Crippen MR) is 95.7 cm³/mol.